The standard InChI is InChI=1S/C15H16ClNO3S/c1-2-19-11-3-5-12(6-4-11)20-10-9-17-15(18)13-7-8-14(16)21-13/h3-8H,2,9-10H2,1H3,(H,17,18). The fraction of sp³-hybridized carbons (Fsp3) is 0.267. The molecule has 0 saturated heterocycles. The number of carbonyl (C=O) groups is 1. The summed E-state index contributed by atoms with van der Waals surface area (Å²) in [6, 6.07) is 10.8. The van der Waals surface area contributed by atoms with Crippen molar-refractivity contribution in [1.82, 2.24) is 5.32 Å². The Morgan fingerprint density at radius 1 is 1.14 bits per heavy atom. The highest BCUT2D eigenvalue weighted by Crippen LogP contribution is 2.21. The molecule has 2 rings (SSSR count). The summed E-state index contributed by atoms with van der Waals surface area (Å²) in [5, 5.41) is 2.78. The molecule has 1 aromatic heterocycles. The lowest BCUT2D eigenvalue weighted by atomic mass is 10.3. The fourth-order valence-corrected chi connectivity index (χ4v) is 2.62. The molecule has 2 aromatic rings. The first-order chi connectivity index (χ1) is 10.2. The average molecular weight is 326 g/mol. The van der Waals surface area contributed by atoms with Gasteiger partial charge in [0.15, 0.2) is 0 Å². The number of rotatable bonds is 7. The normalized spacial score (nSPS) is 10.2. The predicted molar refractivity (Wildman–Crippen MR) is 84.8 cm³/mol. The monoisotopic (exact) mass is 325 g/mol. The van der Waals surface area contributed by atoms with E-state index >= 15 is 0 Å². The lowest BCUT2D eigenvalue weighted by Crippen LogP contribution is -2.27. The van der Waals surface area contributed by atoms with Crippen LogP contribution < -0.4 is 14.8 Å². The number of benzene rings is 1. The van der Waals surface area contributed by atoms with E-state index in [-0.39, 0.29) is 5.91 Å². The molecule has 0 radical (unpaired) electrons. The van der Waals surface area contributed by atoms with Gasteiger partial charge in [0, 0.05) is 0 Å². The molecule has 0 aliphatic heterocycles. The maximum absolute atomic E-state index is 11.8. The fourth-order valence-electron chi connectivity index (χ4n) is 1.66. The SMILES string of the molecule is CCOc1ccc(OCCNC(=O)c2ccc(Cl)s2)cc1. The van der Waals surface area contributed by atoms with Crippen molar-refractivity contribution in [3.8, 4) is 11.5 Å². The molecular weight excluding hydrogens is 310 g/mol. The Bertz CT molecular complexity index is 583. The molecule has 112 valence electrons. The number of amides is 1. The molecular formula is C15H16ClNO3S. The van der Waals surface area contributed by atoms with Gasteiger partial charge in [0.25, 0.3) is 5.91 Å². The van der Waals surface area contributed by atoms with Gasteiger partial charge in [0.2, 0.25) is 0 Å². The molecule has 1 N–H and O–H groups in total. The number of ether oxygens (including phenoxy) is 2. The summed E-state index contributed by atoms with van der Waals surface area (Å²) in [5.74, 6) is 1.42. The Balaban J connectivity index is 1.70. The maximum Gasteiger partial charge on any atom is 0.261 e. The van der Waals surface area contributed by atoms with E-state index in [9.17, 15) is 4.79 Å². The summed E-state index contributed by atoms with van der Waals surface area (Å²) >= 11 is 7.04. The van der Waals surface area contributed by atoms with Gasteiger partial charge in [0.1, 0.15) is 18.1 Å². The van der Waals surface area contributed by atoms with Crippen LogP contribution in [0.5, 0.6) is 11.5 Å². The Morgan fingerprint density at radius 2 is 1.81 bits per heavy atom. The number of thiophene rings is 1. The molecule has 1 heterocycles. The Hall–Kier alpha value is -1.72. The molecule has 0 aliphatic carbocycles. The molecule has 1 amide bonds. The highest BCUT2D eigenvalue weighted by Gasteiger charge is 2.07. The van der Waals surface area contributed by atoms with E-state index in [2.05, 4.69) is 5.32 Å². The molecule has 0 atom stereocenters. The molecule has 0 aliphatic rings. The third-order valence-corrected chi connectivity index (χ3v) is 3.82. The van der Waals surface area contributed by atoms with Gasteiger partial charge in [-0.1, -0.05) is 11.6 Å². The van der Waals surface area contributed by atoms with Crippen molar-refractivity contribution in [2.75, 3.05) is 19.8 Å². The minimum Gasteiger partial charge on any atom is -0.494 e. The van der Waals surface area contributed by atoms with Gasteiger partial charge in [-0.3, -0.25) is 4.79 Å². The van der Waals surface area contributed by atoms with Crippen LogP contribution in [0.3, 0.4) is 0 Å². The summed E-state index contributed by atoms with van der Waals surface area (Å²) < 4.78 is 11.5. The largest absolute Gasteiger partial charge is 0.494 e. The zero-order valence-electron chi connectivity index (χ0n) is 11.6. The first-order valence-corrected chi connectivity index (χ1v) is 7.77. The second-order valence-electron chi connectivity index (χ2n) is 4.11. The number of nitrogens with one attached hydrogen (secondary N) is 1. The summed E-state index contributed by atoms with van der Waals surface area (Å²) in [7, 11) is 0. The third-order valence-electron chi connectivity index (χ3n) is 2.59. The predicted octanol–water partition coefficient (Wildman–Crippen LogP) is 3.61. The van der Waals surface area contributed by atoms with Crippen molar-refractivity contribution in [3.63, 3.8) is 0 Å². The molecule has 6 heteroatoms. The molecule has 0 fully saturated rings. The van der Waals surface area contributed by atoms with E-state index in [1.807, 2.05) is 31.2 Å². The van der Waals surface area contributed by atoms with Crippen molar-refractivity contribution >= 4 is 28.8 Å². The Morgan fingerprint density at radius 3 is 2.38 bits per heavy atom. The minimum atomic E-state index is -0.137. The van der Waals surface area contributed by atoms with E-state index in [4.69, 9.17) is 21.1 Å². The van der Waals surface area contributed by atoms with E-state index in [0.29, 0.717) is 29.0 Å². The molecule has 0 bridgehead atoms. The highest BCUT2D eigenvalue weighted by atomic mass is 35.5. The topological polar surface area (TPSA) is 47.6 Å². The van der Waals surface area contributed by atoms with Gasteiger partial charge in [0.05, 0.1) is 22.4 Å². The van der Waals surface area contributed by atoms with Crippen LogP contribution >= 0.6 is 22.9 Å². The molecule has 0 unspecified atom stereocenters. The van der Waals surface area contributed by atoms with Crippen LogP contribution in [0.25, 0.3) is 0 Å². The summed E-state index contributed by atoms with van der Waals surface area (Å²) in [6.07, 6.45) is 0. The van der Waals surface area contributed by atoms with Crippen LogP contribution in [-0.2, 0) is 0 Å². The van der Waals surface area contributed by atoms with Crippen LogP contribution in [0, 0.1) is 0 Å². The zero-order valence-corrected chi connectivity index (χ0v) is 13.2. The number of hydrogen-bond acceptors (Lipinski definition) is 4. The van der Waals surface area contributed by atoms with Crippen LogP contribution in [-0.4, -0.2) is 25.7 Å². The minimum absolute atomic E-state index is 0.137. The summed E-state index contributed by atoms with van der Waals surface area (Å²) in [5.41, 5.74) is 0. The van der Waals surface area contributed by atoms with E-state index in [0.717, 1.165) is 11.5 Å². The first-order valence-electron chi connectivity index (χ1n) is 6.58. The quantitative estimate of drug-likeness (QED) is 0.791. The van der Waals surface area contributed by atoms with Crippen LogP contribution in [0.15, 0.2) is 36.4 Å². The van der Waals surface area contributed by atoms with Crippen LogP contribution in [0.4, 0.5) is 0 Å². The molecule has 0 saturated carbocycles. The lowest BCUT2D eigenvalue weighted by Gasteiger charge is -2.08. The molecule has 1 aromatic carbocycles. The number of hydrogen-bond donors (Lipinski definition) is 1. The van der Waals surface area contributed by atoms with Gasteiger partial charge in [-0.15, -0.1) is 11.3 Å². The van der Waals surface area contributed by atoms with Crippen molar-refractivity contribution in [2.45, 2.75) is 6.92 Å². The van der Waals surface area contributed by atoms with Crippen molar-refractivity contribution in [2.24, 2.45) is 0 Å². The number of carbonyl (C=O) groups excluding carboxylic acids is 1. The van der Waals surface area contributed by atoms with Crippen LogP contribution in [0.2, 0.25) is 4.34 Å². The smallest absolute Gasteiger partial charge is 0.261 e. The average Bonchev–Trinajstić information content (AvgIpc) is 2.92. The third kappa shape index (κ3) is 4.95. The second-order valence-corrected chi connectivity index (χ2v) is 5.83. The first kappa shape index (κ1) is 15.7. The van der Waals surface area contributed by atoms with Crippen molar-refractivity contribution < 1.29 is 14.3 Å². The summed E-state index contributed by atoms with van der Waals surface area (Å²) in [4.78, 5) is 12.4. The molecule has 4 nitrogen and oxygen atoms in total. The van der Waals surface area contributed by atoms with Crippen molar-refractivity contribution in [1.29, 1.82) is 0 Å². The van der Waals surface area contributed by atoms with Gasteiger partial charge >= 0.3 is 0 Å². The Kier molecular flexibility index (Phi) is 5.90. The van der Waals surface area contributed by atoms with Gasteiger partial charge in [-0.25, -0.2) is 0 Å². The highest BCUT2D eigenvalue weighted by molar-refractivity contribution is 7.17. The van der Waals surface area contributed by atoms with E-state index < -0.39 is 0 Å². The van der Waals surface area contributed by atoms with E-state index in [1.165, 1.54) is 11.3 Å². The zero-order chi connectivity index (χ0) is 15.1. The van der Waals surface area contributed by atoms with E-state index in [1.54, 1.807) is 12.1 Å². The van der Waals surface area contributed by atoms with Gasteiger partial charge in [-0.2, -0.15) is 0 Å². The molecule has 0 spiro atoms. The lowest BCUT2D eigenvalue weighted by molar-refractivity contribution is 0.0951. The van der Waals surface area contributed by atoms with Gasteiger partial charge in [-0.05, 0) is 43.3 Å². The Labute approximate surface area is 132 Å². The maximum atomic E-state index is 11.8. The second kappa shape index (κ2) is 7.90. The van der Waals surface area contributed by atoms with Crippen molar-refractivity contribution in [3.05, 3.63) is 45.6 Å². The molecule has 21 heavy (non-hydrogen) atoms. The number of halogens is 1. The van der Waals surface area contributed by atoms with Gasteiger partial charge < -0.3 is 14.8 Å². The van der Waals surface area contributed by atoms with Crippen LogP contribution in [0.1, 0.15) is 16.6 Å². The summed E-state index contributed by atoms with van der Waals surface area (Å²) in [6.45, 7) is 3.41.